The molecule has 144 valence electrons. The van der Waals surface area contributed by atoms with Crippen LogP contribution in [0.15, 0.2) is 36.7 Å². The number of carbonyl (C=O) groups is 1. The van der Waals surface area contributed by atoms with Gasteiger partial charge in [-0.1, -0.05) is 19.1 Å². The number of nitro benzene ring substituents is 1. The molecule has 8 heteroatoms. The summed E-state index contributed by atoms with van der Waals surface area (Å²) in [7, 11) is 0. The minimum absolute atomic E-state index is 0.0453. The fourth-order valence-corrected chi connectivity index (χ4v) is 3.35. The maximum absolute atomic E-state index is 12.5. The van der Waals surface area contributed by atoms with Crippen molar-refractivity contribution in [3.05, 3.63) is 58.2 Å². The number of non-ortho nitro benzene ring substituents is 1. The number of hydrogen-bond donors (Lipinski definition) is 0. The summed E-state index contributed by atoms with van der Waals surface area (Å²) in [6.45, 7) is 7.14. The first-order chi connectivity index (χ1) is 13.1. The molecule has 0 atom stereocenters. The number of hydrogen-bond acceptors (Lipinski definition) is 5. The summed E-state index contributed by atoms with van der Waals surface area (Å²) in [5.41, 5.74) is 0.851. The summed E-state index contributed by atoms with van der Waals surface area (Å²) in [6, 6.07) is 6.20. The van der Waals surface area contributed by atoms with Crippen LogP contribution in [0.1, 0.15) is 18.3 Å². The van der Waals surface area contributed by atoms with Gasteiger partial charge >= 0.3 is 0 Å². The molecule has 3 rings (SSSR count). The normalized spacial score (nSPS) is 15.1. The topological polar surface area (TPSA) is 84.5 Å². The van der Waals surface area contributed by atoms with Crippen molar-refractivity contribution in [2.45, 2.75) is 26.3 Å². The maximum atomic E-state index is 12.5. The average molecular weight is 371 g/mol. The predicted octanol–water partition coefficient (Wildman–Crippen LogP) is 1.74. The lowest BCUT2D eigenvalue weighted by Gasteiger charge is -2.35. The van der Waals surface area contributed by atoms with E-state index in [9.17, 15) is 14.9 Å². The van der Waals surface area contributed by atoms with Gasteiger partial charge in [0.2, 0.25) is 5.91 Å². The summed E-state index contributed by atoms with van der Waals surface area (Å²) in [6.07, 6.45) is 5.07. The molecule has 0 aliphatic carbocycles. The van der Waals surface area contributed by atoms with Gasteiger partial charge < -0.3 is 9.47 Å². The third kappa shape index (κ3) is 4.91. The van der Waals surface area contributed by atoms with Gasteiger partial charge in [-0.3, -0.25) is 19.8 Å². The molecule has 1 aromatic heterocycles. The standard InChI is InChI=1S/C19H25N5O3/c1-2-18-20-7-8-22(18)12-9-21-10-13-23(14-11-21)19(25)15-16-3-5-17(6-4-16)24(26)27/h3-8H,2,9-15H2,1H3. The first-order valence-electron chi connectivity index (χ1n) is 9.30. The lowest BCUT2D eigenvalue weighted by molar-refractivity contribution is -0.384. The summed E-state index contributed by atoms with van der Waals surface area (Å²) in [4.78, 5) is 31.3. The Morgan fingerprint density at radius 2 is 1.85 bits per heavy atom. The molecule has 0 saturated carbocycles. The lowest BCUT2D eigenvalue weighted by Crippen LogP contribution is -2.49. The first-order valence-corrected chi connectivity index (χ1v) is 9.30. The van der Waals surface area contributed by atoms with Gasteiger partial charge in [-0.2, -0.15) is 0 Å². The number of aryl methyl sites for hydroxylation is 1. The van der Waals surface area contributed by atoms with E-state index in [1.54, 1.807) is 12.1 Å². The van der Waals surface area contributed by atoms with Crippen LogP contribution in [0.4, 0.5) is 5.69 Å². The fraction of sp³-hybridized carbons (Fsp3) is 0.474. The zero-order chi connectivity index (χ0) is 19.2. The van der Waals surface area contributed by atoms with Gasteiger partial charge in [0.05, 0.1) is 11.3 Å². The van der Waals surface area contributed by atoms with Gasteiger partial charge in [0.15, 0.2) is 0 Å². The Hall–Kier alpha value is -2.74. The van der Waals surface area contributed by atoms with Gasteiger partial charge in [-0.25, -0.2) is 4.98 Å². The highest BCUT2D eigenvalue weighted by Gasteiger charge is 2.21. The fourth-order valence-electron chi connectivity index (χ4n) is 3.35. The van der Waals surface area contributed by atoms with E-state index in [1.807, 2.05) is 17.3 Å². The molecule has 1 aliphatic rings. The Balaban J connectivity index is 1.44. The number of imidazole rings is 1. The molecule has 2 aromatic rings. The lowest BCUT2D eigenvalue weighted by atomic mass is 10.1. The third-order valence-corrected chi connectivity index (χ3v) is 5.00. The molecular weight excluding hydrogens is 346 g/mol. The van der Waals surface area contributed by atoms with Crippen LogP contribution in [0.5, 0.6) is 0 Å². The molecule has 0 radical (unpaired) electrons. The average Bonchev–Trinajstić information content (AvgIpc) is 3.14. The Labute approximate surface area is 158 Å². The second-order valence-corrected chi connectivity index (χ2v) is 6.71. The quantitative estimate of drug-likeness (QED) is 0.547. The van der Waals surface area contributed by atoms with E-state index in [0.29, 0.717) is 0 Å². The molecule has 0 spiro atoms. The minimum atomic E-state index is -0.432. The van der Waals surface area contributed by atoms with Gasteiger partial charge in [-0.05, 0) is 5.56 Å². The number of benzene rings is 1. The number of piperazine rings is 1. The van der Waals surface area contributed by atoms with E-state index in [1.165, 1.54) is 12.1 Å². The van der Waals surface area contributed by atoms with Gasteiger partial charge in [0.25, 0.3) is 5.69 Å². The molecule has 0 N–H and O–H groups in total. The van der Waals surface area contributed by atoms with E-state index in [4.69, 9.17) is 0 Å². The van der Waals surface area contributed by atoms with Crippen molar-refractivity contribution < 1.29 is 9.72 Å². The first kappa shape index (κ1) is 19.0. The molecule has 1 fully saturated rings. The van der Waals surface area contributed by atoms with Gasteiger partial charge in [-0.15, -0.1) is 0 Å². The minimum Gasteiger partial charge on any atom is -0.340 e. The van der Waals surface area contributed by atoms with Crippen LogP contribution in [-0.4, -0.2) is 62.9 Å². The molecule has 1 amide bonds. The van der Waals surface area contributed by atoms with Crippen LogP contribution in [0.3, 0.4) is 0 Å². The van der Waals surface area contributed by atoms with Crippen molar-refractivity contribution in [1.29, 1.82) is 0 Å². The summed E-state index contributed by atoms with van der Waals surface area (Å²) < 4.78 is 2.19. The zero-order valence-corrected chi connectivity index (χ0v) is 15.6. The van der Waals surface area contributed by atoms with Crippen molar-refractivity contribution in [2.24, 2.45) is 0 Å². The zero-order valence-electron chi connectivity index (χ0n) is 15.6. The third-order valence-electron chi connectivity index (χ3n) is 5.00. The van der Waals surface area contributed by atoms with Crippen LogP contribution in [0, 0.1) is 10.1 Å². The number of aromatic nitrogens is 2. The van der Waals surface area contributed by atoms with E-state index in [-0.39, 0.29) is 18.0 Å². The molecular formula is C19H25N5O3. The van der Waals surface area contributed by atoms with E-state index >= 15 is 0 Å². The molecule has 27 heavy (non-hydrogen) atoms. The number of rotatable bonds is 7. The van der Waals surface area contributed by atoms with Crippen LogP contribution in [0.25, 0.3) is 0 Å². The molecule has 8 nitrogen and oxygen atoms in total. The smallest absolute Gasteiger partial charge is 0.269 e. The summed E-state index contributed by atoms with van der Waals surface area (Å²) in [5, 5.41) is 10.7. The summed E-state index contributed by atoms with van der Waals surface area (Å²) in [5.74, 6) is 1.18. The number of carbonyl (C=O) groups excluding carboxylic acids is 1. The van der Waals surface area contributed by atoms with E-state index in [2.05, 4.69) is 21.4 Å². The highest BCUT2D eigenvalue weighted by Crippen LogP contribution is 2.13. The van der Waals surface area contributed by atoms with Crippen LogP contribution >= 0.6 is 0 Å². The molecule has 0 bridgehead atoms. The van der Waals surface area contributed by atoms with Gasteiger partial charge in [0.1, 0.15) is 5.82 Å². The predicted molar refractivity (Wildman–Crippen MR) is 101 cm³/mol. The van der Waals surface area contributed by atoms with E-state index in [0.717, 1.165) is 57.1 Å². The summed E-state index contributed by atoms with van der Waals surface area (Å²) >= 11 is 0. The van der Waals surface area contributed by atoms with Gasteiger partial charge in [0, 0.05) is 70.2 Å². The molecule has 2 heterocycles. The molecule has 0 unspecified atom stereocenters. The Bertz CT molecular complexity index is 779. The van der Waals surface area contributed by atoms with E-state index < -0.39 is 4.92 Å². The van der Waals surface area contributed by atoms with Crippen molar-refractivity contribution in [3.63, 3.8) is 0 Å². The SMILES string of the molecule is CCc1nccn1CCN1CCN(C(=O)Cc2ccc([N+](=O)[O-])cc2)CC1. The van der Waals surface area contributed by atoms with Crippen LogP contribution in [0.2, 0.25) is 0 Å². The highest BCUT2D eigenvalue weighted by atomic mass is 16.6. The van der Waals surface area contributed by atoms with Crippen LogP contribution in [-0.2, 0) is 24.2 Å². The van der Waals surface area contributed by atoms with Crippen LogP contribution < -0.4 is 0 Å². The van der Waals surface area contributed by atoms with Crippen molar-refractivity contribution in [3.8, 4) is 0 Å². The van der Waals surface area contributed by atoms with Crippen molar-refractivity contribution in [2.75, 3.05) is 32.7 Å². The Morgan fingerprint density at radius 3 is 2.48 bits per heavy atom. The Morgan fingerprint density at radius 1 is 1.15 bits per heavy atom. The molecule has 1 aliphatic heterocycles. The highest BCUT2D eigenvalue weighted by molar-refractivity contribution is 5.79. The van der Waals surface area contributed by atoms with Crippen molar-refractivity contribution >= 4 is 11.6 Å². The largest absolute Gasteiger partial charge is 0.340 e. The molecule has 1 saturated heterocycles. The van der Waals surface area contributed by atoms with Crippen molar-refractivity contribution in [1.82, 2.24) is 19.4 Å². The number of nitrogens with zero attached hydrogens (tertiary/aromatic N) is 5. The number of nitro groups is 1. The number of amides is 1. The molecule has 1 aromatic carbocycles. The maximum Gasteiger partial charge on any atom is 0.269 e. The monoisotopic (exact) mass is 371 g/mol. The second-order valence-electron chi connectivity index (χ2n) is 6.71. The Kier molecular flexibility index (Phi) is 6.18. The second kappa shape index (κ2) is 8.77.